The first kappa shape index (κ1) is 28.9. The van der Waals surface area contributed by atoms with Crippen LogP contribution in [0.1, 0.15) is 38.2 Å². The number of ether oxygens (including phenoxy) is 1. The van der Waals surface area contributed by atoms with E-state index in [0.717, 1.165) is 17.1 Å². The molecule has 12 heteroatoms. The maximum Gasteiger partial charge on any atom is 0.490 e. The number of aliphatic carboxylic acids is 2. The van der Waals surface area contributed by atoms with Crippen LogP contribution in [-0.2, 0) is 14.4 Å². The molecule has 1 aromatic rings. The Morgan fingerprint density at radius 3 is 2.19 bits per heavy atom. The molecule has 3 N–H and O–H groups in total. The van der Waals surface area contributed by atoms with Crippen molar-refractivity contribution in [2.75, 3.05) is 24.7 Å². The largest absolute Gasteiger partial charge is 0.493 e. The van der Waals surface area contributed by atoms with Crippen molar-refractivity contribution in [1.82, 2.24) is 5.32 Å². The number of halogens is 3. The molecule has 1 aromatic carbocycles. The normalized spacial score (nSPS) is 10.8. The lowest BCUT2D eigenvalue weighted by molar-refractivity contribution is -0.192. The first-order valence-corrected chi connectivity index (χ1v) is 11.7. The van der Waals surface area contributed by atoms with E-state index in [1.165, 1.54) is 10.8 Å². The molecule has 0 fully saturated rings. The minimum atomic E-state index is -5.08. The van der Waals surface area contributed by atoms with E-state index in [1.54, 1.807) is 10.8 Å². The van der Waals surface area contributed by atoms with Gasteiger partial charge in [0, 0.05) is 18.1 Å². The van der Waals surface area contributed by atoms with Gasteiger partial charge in [0.1, 0.15) is 5.75 Å². The number of rotatable bonds is 12. The molecule has 31 heavy (non-hydrogen) atoms. The zero-order valence-corrected chi connectivity index (χ0v) is 18.7. The lowest BCUT2D eigenvalue weighted by atomic mass is 10.0. The highest BCUT2D eigenvalue weighted by molar-refractivity contribution is 8.76. The number of hydrogen-bond acceptors (Lipinski definition) is 6. The number of carbonyl (C=O) groups is 3. The number of alkyl halides is 3. The van der Waals surface area contributed by atoms with Gasteiger partial charge in [-0.1, -0.05) is 53.6 Å². The molecule has 1 rings (SSSR count). The zero-order valence-electron chi connectivity index (χ0n) is 17.1. The van der Waals surface area contributed by atoms with E-state index < -0.39 is 18.1 Å². The molecule has 7 nitrogen and oxygen atoms in total. The number of carboxylic acids is 2. The molecule has 0 aliphatic rings. The van der Waals surface area contributed by atoms with Crippen LogP contribution >= 0.6 is 21.6 Å². The summed E-state index contributed by atoms with van der Waals surface area (Å²) >= 11 is 0. The van der Waals surface area contributed by atoms with E-state index in [9.17, 15) is 22.8 Å². The van der Waals surface area contributed by atoms with Crippen molar-refractivity contribution in [3.8, 4) is 5.75 Å². The standard InChI is InChI=1S/C17H25NO4S2.C2HF3O2/c1-13(2)14-5-3-4-6-15(14)22-10-7-16(19)18-9-12-24-23-11-8-17(20)21;3-2(4,5)1(6)7/h3-6,13H,7-12H2,1-2H3,(H,18,19)(H,20,21);(H,6,7). The quantitative estimate of drug-likeness (QED) is 0.299. The Hall–Kier alpha value is -2.08. The summed E-state index contributed by atoms with van der Waals surface area (Å²) in [6.45, 7) is 5.16. The highest BCUT2D eigenvalue weighted by Gasteiger charge is 2.38. The van der Waals surface area contributed by atoms with Crippen LogP contribution in [0.3, 0.4) is 0 Å². The van der Waals surface area contributed by atoms with Gasteiger partial charge in [0.05, 0.1) is 19.4 Å². The van der Waals surface area contributed by atoms with Gasteiger partial charge in [0.15, 0.2) is 0 Å². The summed E-state index contributed by atoms with van der Waals surface area (Å²) in [5, 5.41) is 18.5. The van der Waals surface area contributed by atoms with Crippen LogP contribution in [0.5, 0.6) is 5.75 Å². The fourth-order valence-corrected chi connectivity index (χ4v) is 3.80. The Labute approximate surface area is 186 Å². The molecule has 0 unspecified atom stereocenters. The second-order valence-corrected chi connectivity index (χ2v) is 8.93. The van der Waals surface area contributed by atoms with Crippen molar-refractivity contribution in [3.05, 3.63) is 29.8 Å². The summed E-state index contributed by atoms with van der Waals surface area (Å²) in [6, 6.07) is 7.89. The average molecular weight is 486 g/mol. The Kier molecular flexibility index (Phi) is 14.6. The molecule has 0 heterocycles. The highest BCUT2D eigenvalue weighted by Crippen LogP contribution is 2.25. The minimum Gasteiger partial charge on any atom is -0.493 e. The van der Waals surface area contributed by atoms with Gasteiger partial charge in [-0.05, 0) is 17.5 Å². The van der Waals surface area contributed by atoms with Gasteiger partial charge in [0.2, 0.25) is 5.91 Å². The predicted octanol–water partition coefficient (Wildman–Crippen LogP) is 4.18. The van der Waals surface area contributed by atoms with Crippen molar-refractivity contribution in [2.45, 2.75) is 38.8 Å². The maximum atomic E-state index is 11.7. The van der Waals surface area contributed by atoms with Crippen LogP contribution in [0.25, 0.3) is 0 Å². The summed E-state index contributed by atoms with van der Waals surface area (Å²) in [5.41, 5.74) is 1.15. The third-order valence-electron chi connectivity index (χ3n) is 3.36. The fraction of sp³-hybridized carbons (Fsp3) is 0.526. The van der Waals surface area contributed by atoms with Crippen LogP contribution in [0.4, 0.5) is 13.2 Å². The van der Waals surface area contributed by atoms with E-state index in [-0.39, 0.29) is 12.3 Å². The number of carbonyl (C=O) groups excluding carboxylic acids is 1. The Bertz CT molecular complexity index is 701. The third kappa shape index (κ3) is 15.4. The summed E-state index contributed by atoms with van der Waals surface area (Å²) in [7, 11) is 3.08. The van der Waals surface area contributed by atoms with E-state index in [1.807, 2.05) is 24.3 Å². The van der Waals surface area contributed by atoms with Crippen molar-refractivity contribution >= 4 is 39.4 Å². The maximum absolute atomic E-state index is 11.7. The molecule has 0 aliphatic heterocycles. The fourth-order valence-electron chi connectivity index (χ4n) is 1.91. The number of para-hydroxylation sites is 1. The Balaban J connectivity index is 0.00000110. The van der Waals surface area contributed by atoms with Crippen LogP contribution in [0.2, 0.25) is 0 Å². The second-order valence-electron chi connectivity index (χ2n) is 6.23. The first-order chi connectivity index (χ1) is 14.4. The molecule has 0 atom stereocenters. The van der Waals surface area contributed by atoms with Crippen molar-refractivity contribution in [3.63, 3.8) is 0 Å². The Morgan fingerprint density at radius 2 is 1.65 bits per heavy atom. The van der Waals surface area contributed by atoms with Crippen molar-refractivity contribution in [1.29, 1.82) is 0 Å². The number of nitrogens with one attached hydrogen (secondary N) is 1. The number of carboxylic acid groups (broad SMARTS) is 2. The van der Waals surface area contributed by atoms with Crippen LogP contribution in [0.15, 0.2) is 24.3 Å². The van der Waals surface area contributed by atoms with Crippen LogP contribution in [0, 0.1) is 0 Å². The zero-order chi connectivity index (χ0) is 23.9. The molecule has 0 spiro atoms. The van der Waals surface area contributed by atoms with E-state index >= 15 is 0 Å². The van der Waals surface area contributed by atoms with Crippen LogP contribution in [-0.4, -0.2) is 58.9 Å². The van der Waals surface area contributed by atoms with Crippen LogP contribution < -0.4 is 10.1 Å². The molecule has 0 bridgehead atoms. The number of hydrogen-bond donors (Lipinski definition) is 3. The van der Waals surface area contributed by atoms with E-state index in [4.69, 9.17) is 19.7 Å². The summed E-state index contributed by atoms with van der Waals surface area (Å²) < 4.78 is 37.5. The molecule has 0 aromatic heterocycles. The first-order valence-electron chi connectivity index (χ1n) is 9.19. The van der Waals surface area contributed by atoms with Gasteiger partial charge in [-0.3, -0.25) is 9.59 Å². The summed E-state index contributed by atoms with van der Waals surface area (Å²) in [5.74, 6) is -1.02. The molecule has 176 valence electrons. The number of benzene rings is 1. The molecular formula is C19H26F3NO6S2. The Morgan fingerprint density at radius 1 is 1.06 bits per heavy atom. The molecule has 1 amide bonds. The third-order valence-corrected chi connectivity index (χ3v) is 5.77. The van der Waals surface area contributed by atoms with Gasteiger partial charge in [-0.15, -0.1) is 0 Å². The summed E-state index contributed by atoms with van der Waals surface area (Å²) in [6.07, 6.45) is -4.59. The monoisotopic (exact) mass is 485 g/mol. The van der Waals surface area contributed by atoms with Gasteiger partial charge < -0.3 is 20.3 Å². The SMILES string of the molecule is CC(C)c1ccccc1OCCC(=O)NCCSSCCC(=O)O.O=C(O)C(F)(F)F. The lowest BCUT2D eigenvalue weighted by Crippen LogP contribution is -2.27. The van der Waals surface area contributed by atoms with Gasteiger partial charge in [-0.25, -0.2) is 4.79 Å². The molecule has 0 radical (unpaired) electrons. The minimum absolute atomic E-state index is 0.0341. The van der Waals surface area contributed by atoms with Crippen molar-refractivity contribution in [2.24, 2.45) is 0 Å². The van der Waals surface area contributed by atoms with E-state index in [0.29, 0.717) is 31.2 Å². The molecule has 0 saturated carbocycles. The lowest BCUT2D eigenvalue weighted by Gasteiger charge is -2.13. The topological polar surface area (TPSA) is 113 Å². The van der Waals surface area contributed by atoms with Crippen molar-refractivity contribution < 1.29 is 42.5 Å². The van der Waals surface area contributed by atoms with E-state index in [2.05, 4.69) is 19.2 Å². The highest BCUT2D eigenvalue weighted by atomic mass is 33.1. The molecule has 0 saturated heterocycles. The predicted molar refractivity (Wildman–Crippen MR) is 115 cm³/mol. The molecular weight excluding hydrogens is 459 g/mol. The van der Waals surface area contributed by atoms with Gasteiger partial charge >= 0.3 is 18.1 Å². The average Bonchev–Trinajstić information content (AvgIpc) is 2.67. The summed E-state index contributed by atoms with van der Waals surface area (Å²) in [4.78, 5) is 31.0. The van der Waals surface area contributed by atoms with Gasteiger partial charge in [0.25, 0.3) is 0 Å². The molecule has 0 aliphatic carbocycles. The van der Waals surface area contributed by atoms with Gasteiger partial charge in [-0.2, -0.15) is 13.2 Å². The smallest absolute Gasteiger partial charge is 0.490 e. The number of amides is 1. The second kappa shape index (κ2) is 15.7.